The van der Waals surface area contributed by atoms with Crippen LogP contribution in [0.15, 0.2) is 164 Å². The molecule has 0 fully saturated rings. The Bertz CT molecular complexity index is 4390. The summed E-state index contributed by atoms with van der Waals surface area (Å²) in [6, 6.07) is 61.9. The normalized spacial score (nSPS) is 14.0. The van der Waals surface area contributed by atoms with Gasteiger partial charge in [-0.2, -0.15) is 0 Å². The summed E-state index contributed by atoms with van der Waals surface area (Å²) in [6.45, 7) is 13.2. The third-order valence-electron chi connectivity index (χ3n) is 18.2. The van der Waals surface area contributed by atoms with E-state index in [2.05, 4.69) is 242 Å². The van der Waals surface area contributed by atoms with E-state index in [1.165, 1.54) is 144 Å². The zero-order chi connectivity index (χ0) is 54.9. The van der Waals surface area contributed by atoms with Gasteiger partial charge in [0.05, 0.1) is 17.1 Å². The Morgan fingerprint density at radius 2 is 0.704 bits per heavy atom. The Balaban J connectivity index is 0.968. The molecule has 16 rings (SSSR count). The number of rotatable bonds is 6. The van der Waals surface area contributed by atoms with Crippen LogP contribution in [0.25, 0.3) is 33.4 Å². The van der Waals surface area contributed by atoms with E-state index in [9.17, 15) is 0 Å². The Labute approximate surface area is 488 Å². The van der Waals surface area contributed by atoms with Crippen LogP contribution in [0.3, 0.4) is 0 Å². The fourth-order valence-electron chi connectivity index (χ4n) is 15.0. The van der Waals surface area contributed by atoms with Crippen LogP contribution in [0, 0.1) is 41.5 Å². The smallest absolute Gasteiger partial charge is 0.256 e. The first-order valence-corrected chi connectivity index (χ1v) is 31.5. The van der Waals surface area contributed by atoms with Gasteiger partial charge in [-0.3, -0.25) is 12.9 Å². The highest BCUT2D eigenvalue weighted by Crippen LogP contribution is 2.50. The van der Waals surface area contributed by atoms with Gasteiger partial charge in [-0.15, -0.1) is 0 Å². The SMILES string of the molecule is CSN1c2cc3c(cc2B2c4ccccc4Oc4cc(-c5c(C)cccc5C)cc1c42)B1c2cc4c(cc2N(SC)c2cc(-c5c(C)cccc5C)cc(c21)N3SC)Nc1cc(-c2c(C)cccc2C)cc2c1B4c1ccccc1O2. The highest BCUT2D eigenvalue weighted by Gasteiger charge is 2.49. The number of nitrogens with one attached hydrogen (secondary N) is 1. The summed E-state index contributed by atoms with van der Waals surface area (Å²) >= 11 is 5.36. The molecule has 0 saturated carbocycles. The molecule has 0 saturated heterocycles. The lowest BCUT2D eigenvalue weighted by atomic mass is 9.29. The topological polar surface area (TPSA) is 40.2 Å². The second-order valence-electron chi connectivity index (χ2n) is 22.7. The first-order valence-electron chi connectivity index (χ1n) is 27.9. The van der Waals surface area contributed by atoms with Crippen LogP contribution in [0.1, 0.15) is 33.4 Å². The van der Waals surface area contributed by atoms with Crippen LogP contribution in [-0.4, -0.2) is 38.9 Å². The van der Waals surface area contributed by atoms with E-state index in [0.717, 1.165) is 39.9 Å². The van der Waals surface area contributed by atoms with Gasteiger partial charge >= 0.3 is 0 Å². The number of aryl methyl sites for hydroxylation is 6. The number of para-hydroxylation sites is 2. The summed E-state index contributed by atoms with van der Waals surface area (Å²) in [5.74, 6) is 3.64. The standard InChI is InChI=1S/C69H55B3N4O2S3/c1-37-17-14-18-38(2)64(37)43-27-53-67-62(31-43)77-60-25-12-10-23-46(60)70(67)48-33-49-54(35-52(48)73-53)74(79-7)57-28-44(65-39(3)19-15-20-40(65)4)29-58-68(57)72(49)51-34-50-55(36-56(51)75(58)80-8)76(81-9)59-30-45(66-41(5)21-16-22-42(66)6)32-63-69(59)71(50)47-24-11-13-26-61(47)78-63/h10-36,73H,1-9H3. The molecule has 10 aromatic rings. The first kappa shape index (κ1) is 49.1. The molecule has 0 radical (unpaired) electrons. The molecule has 6 nitrogen and oxygen atoms in total. The second kappa shape index (κ2) is 18.1. The summed E-state index contributed by atoms with van der Waals surface area (Å²) < 4.78 is 21.6. The van der Waals surface area contributed by atoms with E-state index in [-0.39, 0.29) is 20.1 Å². The van der Waals surface area contributed by atoms with Crippen molar-refractivity contribution in [3.63, 3.8) is 0 Å². The Morgan fingerprint density at radius 1 is 0.321 bits per heavy atom. The van der Waals surface area contributed by atoms with Gasteiger partial charge in [0.25, 0.3) is 20.1 Å². The number of hydrogen-bond acceptors (Lipinski definition) is 9. The summed E-state index contributed by atoms with van der Waals surface area (Å²) in [6.07, 6.45) is 6.70. The van der Waals surface area contributed by atoms with Crippen molar-refractivity contribution < 1.29 is 9.47 Å². The number of nitrogens with zero attached hydrogens (tertiary/aromatic N) is 3. The van der Waals surface area contributed by atoms with E-state index in [1.54, 1.807) is 35.8 Å². The van der Waals surface area contributed by atoms with E-state index < -0.39 is 0 Å². The zero-order valence-electron chi connectivity index (χ0n) is 46.7. The van der Waals surface area contributed by atoms with Gasteiger partial charge in [0.2, 0.25) is 0 Å². The van der Waals surface area contributed by atoms with Crippen LogP contribution in [0.4, 0.5) is 45.5 Å². The molecular formula is C69H55B3N4O2S3. The number of anilines is 8. The van der Waals surface area contributed by atoms with Crippen LogP contribution >= 0.6 is 35.8 Å². The largest absolute Gasteiger partial charge is 0.458 e. The molecule has 10 aromatic carbocycles. The van der Waals surface area contributed by atoms with E-state index in [4.69, 9.17) is 9.47 Å². The molecule has 6 aliphatic rings. The van der Waals surface area contributed by atoms with E-state index in [0.29, 0.717) is 0 Å². The lowest BCUT2D eigenvalue weighted by molar-refractivity contribution is 0.487. The van der Waals surface area contributed by atoms with Gasteiger partial charge in [0.1, 0.15) is 23.0 Å². The fraction of sp³-hybridized carbons (Fsp3) is 0.130. The predicted molar refractivity (Wildman–Crippen MR) is 354 cm³/mol. The maximum atomic E-state index is 7.08. The van der Waals surface area contributed by atoms with Crippen molar-refractivity contribution in [1.29, 1.82) is 0 Å². The van der Waals surface area contributed by atoms with Crippen molar-refractivity contribution in [3.05, 3.63) is 197 Å². The highest BCUT2D eigenvalue weighted by molar-refractivity contribution is 8.01. The molecule has 6 aliphatic heterocycles. The van der Waals surface area contributed by atoms with Crippen LogP contribution < -0.4 is 76.9 Å². The van der Waals surface area contributed by atoms with Crippen LogP contribution in [0.5, 0.6) is 23.0 Å². The average molecular weight is 1100 g/mol. The second-order valence-corrected chi connectivity index (χ2v) is 24.9. The summed E-state index contributed by atoms with van der Waals surface area (Å²) in [5, 5.41) is 4.09. The molecule has 0 atom stereocenters. The lowest BCUT2D eigenvalue weighted by Gasteiger charge is -2.45. The van der Waals surface area contributed by atoms with Gasteiger partial charge in [-0.25, -0.2) is 0 Å². The van der Waals surface area contributed by atoms with Crippen LogP contribution in [-0.2, 0) is 0 Å². The molecule has 390 valence electrons. The molecule has 1 N–H and O–H groups in total. The predicted octanol–water partition coefficient (Wildman–Crippen LogP) is 12.5. The number of fused-ring (bicyclic) bond motifs is 12. The quantitative estimate of drug-likeness (QED) is 0.130. The molecule has 6 heterocycles. The highest BCUT2D eigenvalue weighted by atomic mass is 32.2. The van der Waals surface area contributed by atoms with E-state index in [1.807, 2.05) is 0 Å². The van der Waals surface area contributed by atoms with E-state index >= 15 is 0 Å². The summed E-state index contributed by atoms with van der Waals surface area (Å²) in [4.78, 5) is 0. The van der Waals surface area contributed by atoms with Gasteiger partial charge in [-0.05, 0) is 254 Å². The monoisotopic (exact) mass is 1100 g/mol. The van der Waals surface area contributed by atoms with Gasteiger partial charge in [0.15, 0.2) is 0 Å². The van der Waals surface area contributed by atoms with Crippen molar-refractivity contribution >= 4 is 151 Å². The molecule has 0 spiro atoms. The maximum Gasteiger partial charge on any atom is 0.256 e. The maximum absolute atomic E-state index is 7.08. The Kier molecular flexibility index (Phi) is 11.0. The molecule has 0 bridgehead atoms. The fourth-order valence-corrected chi connectivity index (χ4v) is 17.1. The van der Waals surface area contributed by atoms with Crippen molar-refractivity contribution in [2.24, 2.45) is 0 Å². The molecule has 0 amide bonds. The molecule has 0 aromatic heterocycles. The first-order chi connectivity index (χ1) is 39.5. The van der Waals surface area contributed by atoms with Gasteiger partial charge in [-0.1, -0.05) is 103 Å². The molecule has 0 unspecified atom stereocenters. The molecular weight excluding hydrogens is 1050 g/mol. The molecule has 81 heavy (non-hydrogen) atoms. The van der Waals surface area contributed by atoms with Crippen LogP contribution in [0.2, 0.25) is 0 Å². The summed E-state index contributed by atoms with van der Waals surface area (Å²) in [5.41, 5.74) is 35.6. The van der Waals surface area contributed by atoms with Crippen molar-refractivity contribution in [1.82, 2.24) is 0 Å². The van der Waals surface area contributed by atoms with Crippen molar-refractivity contribution in [2.75, 3.05) is 37.0 Å². The van der Waals surface area contributed by atoms with Gasteiger partial charge < -0.3 is 14.8 Å². The van der Waals surface area contributed by atoms with Crippen molar-refractivity contribution in [2.45, 2.75) is 41.5 Å². The average Bonchev–Trinajstić information content (AvgIpc) is 3.21. The zero-order valence-corrected chi connectivity index (χ0v) is 49.2. The number of benzene rings is 10. The minimum atomic E-state index is -0.109. The lowest BCUT2D eigenvalue weighted by Crippen LogP contribution is -2.65. The Hall–Kier alpha value is -7.76. The molecule has 12 heteroatoms. The Morgan fingerprint density at radius 3 is 1.19 bits per heavy atom. The third-order valence-corrected chi connectivity index (χ3v) is 20.5. The minimum Gasteiger partial charge on any atom is -0.458 e. The summed E-state index contributed by atoms with van der Waals surface area (Å²) in [7, 11) is 0. The third kappa shape index (κ3) is 6.96. The minimum absolute atomic E-state index is 0.0602. The van der Waals surface area contributed by atoms with Gasteiger partial charge in [0, 0.05) is 47.2 Å². The number of ether oxygens (including phenoxy) is 2. The number of hydrogen-bond donors (Lipinski definition) is 1. The molecule has 0 aliphatic carbocycles. The van der Waals surface area contributed by atoms with Crippen molar-refractivity contribution in [3.8, 4) is 56.4 Å².